The van der Waals surface area contributed by atoms with Crippen LogP contribution in [0.3, 0.4) is 0 Å². The van der Waals surface area contributed by atoms with Crippen LogP contribution in [0.1, 0.15) is 25.1 Å². The van der Waals surface area contributed by atoms with E-state index in [1.807, 2.05) is 13.8 Å². The van der Waals surface area contributed by atoms with Gasteiger partial charge in [0.1, 0.15) is 0 Å². The summed E-state index contributed by atoms with van der Waals surface area (Å²) in [5, 5.41) is 11.0. The molecule has 0 saturated heterocycles. The number of thioether (sulfide) groups is 1. The van der Waals surface area contributed by atoms with Crippen LogP contribution in [0.15, 0.2) is 53.6 Å². The minimum atomic E-state index is -0.503. The van der Waals surface area contributed by atoms with E-state index in [1.165, 1.54) is 40.9 Å². The van der Waals surface area contributed by atoms with Crippen molar-refractivity contribution in [3.05, 3.63) is 74.9 Å². The van der Waals surface area contributed by atoms with Crippen molar-refractivity contribution in [2.75, 3.05) is 0 Å². The van der Waals surface area contributed by atoms with Crippen molar-refractivity contribution in [2.24, 2.45) is 0 Å². The molecule has 3 rings (SSSR count). The lowest BCUT2D eigenvalue weighted by Gasteiger charge is -2.14. The number of nitrogens with zero attached hydrogens (tertiary/aromatic N) is 3. The SMILES string of the molecule is CC(C)SC1=C(c2ccc([N+](=O)[O-])cc2)C(=O)N(Cc2ccccn2)C1=O. The van der Waals surface area contributed by atoms with E-state index < -0.39 is 10.8 Å². The van der Waals surface area contributed by atoms with E-state index in [4.69, 9.17) is 0 Å². The quantitative estimate of drug-likeness (QED) is 0.431. The van der Waals surface area contributed by atoms with Crippen LogP contribution in [0.25, 0.3) is 5.57 Å². The van der Waals surface area contributed by atoms with Crippen molar-refractivity contribution in [3.8, 4) is 0 Å². The van der Waals surface area contributed by atoms with Gasteiger partial charge in [-0.25, -0.2) is 0 Å². The lowest BCUT2D eigenvalue weighted by atomic mass is 10.1. The van der Waals surface area contributed by atoms with Gasteiger partial charge in [0, 0.05) is 23.6 Å². The van der Waals surface area contributed by atoms with Crippen LogP contribution in [0.4, 0.5) is 5.69 Å². The predicted molar refractivity (Wildman–Crippen MR) is 103 cm³/mol. The van der Waals surface area contributed by atoms with E-state index in [-0.39, 0.29) is 29.0 Å². The van der Waals surface area contributed by atoms with Gasteiger partial charge in [0.2, 0.25) is 0 Å². The second-order valence-corrected chi connectivity index (χ2v) is 7.78. The summed E-state index contributed by atoms with van der Waals surface area (Å²) in [6.07, 6.45) is 1.61. The topological polar surface area (TPSA) is 93.4 Å². The fourth-order valence-corrected chi connectivity index (χ4v) is 3.71. The molecule has 0 saturated carbocycles. The van der Waals surface area contributed by atoms with Crippen LogP contribution in [0.2, 0.25) is 0 Å². The third-order valence-electron chi connectivity index (χ3n) is 3.89. The Balaban J connectivity index is 1.99. The van der Waals surface area contributed by atoms with E-state index in [1.54, 1.807) is 24.4 Å². The Kier molecular flexibility index (Phi) is 5.36. The Morgan fingerprint density at radius 2 is 1.81 bits per heavy atom. The highest BCUT2D eigenvalue weighted by molar-refractivity contribution is 8.04. The summed E-state index contributed by atoms with van der Waals surface area (Å²) < 4.78 is 0. The third-order valence-corrected chi connectivity index (χ3v) is 4.98. The maximum absolute atomic E-state index is 13.0. The van der Waals surface area contributed by atoms with Crippen molar-refractivity contribution >= 4 is 34.8 Å². The Morgan fingerprint density at radius 3 is 2.37 bits per heavy atom. The van der Waals surface area contributed by atoms with E-state index in [9.17, 15) is 19.7 Å². The summed E-state index contributed by atoms with van der Waals surface area (Å²) in [7, 11) is 0. The fraction of sp³-hybridized carbons (Fsp3) is 0.211. The minimum Gasteiger partial charge on any atom is -0.269 e. The maximum atomic E-state index is 13.0. The van der Waals surface area contributed by atoms with E-state index in [0.29, 0.717) is 16.2 Å². The highest BCUT2D eigenvalue weighted by atomic mass is 32.2. The van der Waals surface area contributed by atoms with Gasteiger partial charge in [-0.1, -0.05) is 19.9 Å². The summed E-state index contributed by atoms with van der Waals surface area (Å²) >= 11 is 1.31. The standard InChI is InChI=1S/C19H17N3O4S/c1-12(2)27-17-16(13-6-8-15(9-7-13)22(25)26)18(23)21(19(17)24)11-14-5-3-4-10-20-14/h3-10,12H,11H2,1-2H3. The van der Waals surface area contributed by atoms with Crippen LogP contribution >= 0.6 is 11.8 Å². The highest BCUT2D eigenvalue weighted by Gasteiger charge is 2.39. The Labute approximate surface area is 160 Å². The molecule has 1 aliphatic heterocycles. The van der Waals surface area contributed by atoms with Gasteiger partial charge in [-0.05, 0) is 29.8 Å². The van der Waals surface area contributed by atoms with Crippen molar-refractivity contribution in [2.45, 2.75) is 25.6 Å². The highest BCUT2D eigenvalue weighted by Crippen LogP contribution is 2.38. The first-order valence-corrected chi connectivity index (χ1v) is 9.18. The minimum absolute atomic E-state index is 0.0699. The van der Waals surface area contributed by atoms with E-state index in [2.05, 4.69) is 4.98 Å². The van der Waals surface area contributed by atoms with Crippen LogP contribution < -0.4 is 0 Å². The normalized spacial score (nSPS) is 14.4. The largest absolute Gasteiger partial charge is 0.269 e. The summed E-state index contributed by atoms with van der Waals surface area (Å²) in [6.45, 7) is 3.95. The van der Waals surface area contributed by atoms with Gasteiger partial charge in [-0.3, -0.25) is 29.6 Å². The zero-order chi connectivity index (χ0) is 19.6. The van der Waals surface area contributed by atoms with Crippen LogP contribution in [0.5, 0.6) is 0 Å². The van der Waals surface area contributed by atoms with Crippen molar-refractivity contribution in [1.82, 2.24) is 9.88 Å². The lowest BCUT2D eigenvalue weighted by Crippen LogP contribution is -2.31. The molecule has 7 nitrogen and oxygen atoms in total. The van der Waals surface area contributed by atoms with Gasteiger partial charge in [-0.2, -0.15) is 0 Å². The monoisotopic (exact) mass is 383 g/mol. The molecule has 27 heavy (non-hydrogen) atoms. The number of amides is 2. The molecule has 0 N–H and O–H groups in total. The van der Waals surface area contributed by atoms with Gasteiger partial charge in [0.05, 0.1) is 27.6 Å². The predicted octanol–water partition coefficient (Wildman–Crippen LogP) is 3.41. The van der Waals surface area contributed by atoms with Crippen molar-refractivity contribution < 1.29 is 14.5 Å². The summed E-state index contributed by atoms with van der Waals surface area (Å²) in [6, 6.07) is 11.0. The maximum Gasteiger partial charge on any atom is 0.269 e. The van der Waals surface area contributed by atoms with Gasteiger partial charge in [0.15, 0.2) is 0 Å². The first kappa shape index (κ1) is 18.8. The second kappa shape index (κ2) is 7.71. The molecule has 0 fully saturated rings. The summed E-state index contributed by atoms with van der Waals surface area (Å²) in [5.41, 5.74) is 1.31. The molecule has 2 amide bonds. The molecule has 0 atom stereocenters. The summed E-state index contributed by atoms with van der Waals surface area (Å²) in [5.74, 6) is -0.777. The Hall–Kier alpha value is -3.00. The number of non-ortho nitro benzene ring substituents is 1. The Bertz CT molecular complexity index is 924. The van der Waals surface area contributed by atoms with Crippen LogP contribution in [-0.2, 0) is 16.1 Å². The first-order valence-electron chi connectivity index (χ1n) is 8.30. The number of carbonyl (C=O) groups is 2. The van der Waals surface area contributed by atoms with Gasteiger partial charge < -0.3 is 0 Å². The second-order valence-electron chi connectivity index (χ2n) is 6.19. The van der Waals surface area contributed by atoms with Crippen molar-refractivity contribution in [3.63, 3.8) is 0 Å². The lowest BCUT2D eigenvalue weighted by molar-refractivity contribution is -0.384. The molecular formula is C19H17N3O4S. The fourth-order valence-electron chi connectivity index (χ4n) is 2.70. The number of rotatable bonds is 6. The molecule has 2 aromatic rings. The smallest absolute Gasteiger partial charge is 0.269 e. The van der Waals surface area contributed by atoms with Crippen molar-refractivity contribution in [1.29, 1.82) is 0 Å². The summed E-state index contributed by atoms with van der Waals surface area (Å²) in [4.78, 5) is 42.0. The zero-order valence-electron chi connectivity index (χ0n) is 14.8. The molecule has 1 aromatic carbocycles. The van der Waals surface area contributed by atoms with Gasteiger partial charge >= 0.3 is 0 Å². The molecule has 0 unspecified atom stereocenters. The number of benzene rings is 1. The van der Waals surface area contributed by atoms with E-state index >= 15 is 0 Å². The molecule has 0 radical (unpaired) electrons. The number of carbonyl (C=O) groups excluding carboxylic acids is 2. The molecule has 0 spiro atoms. The molecule has 0 aliphatic carbocycles. The van der Waals surface area contributed by atoms with Crippen LogP contribution in [-0.4, -0.2) is 31.9 Å². The molecule has 0 bridgehead atoms. The average molecular weight is 383 g/mol. The number of pyridine rings is 1. The molecule has 138 valence electrons. The number of nitro groups is 1. The van der Waals surface area contributed by atoms with Gasteiger partial charge in [0.25, 0.3) is 17.5 Å². The molecule has 8 heteroatoms. The number of hydrogen-bond donors (Lipinski definition) is 0. The average Bonchev–Trinajstić information content (AvgIpc) is 2.86. The van der Waals surface area contributed by atoms with E-state index in [0.717, 1.165) is 0 Å². The number of nitro benzene ring substituents is 1. The van der Waals surface area contributed by atoms with Gasteiger partial charge in [-0.15, -0.1) is 11.8 Å². The number of hydrogen-bond acceptors (Lipinski definition) is 6. The molecule has 1 aliphatic rings. The Morgan fingerprint density at radius 1 is 1.11 bits per heavy atom. The zero-order valence-corrected chi connectivity index (χ0v) is 15.6. The molecule has 2 heterocycles. The number of aromatic nitrogens is 1. The molecule has 1 aromatic heterocycles. The first-order chi connectivity index (χ1) is 12.9. The number of imide groups is 1. The molecular weight excluding hydrogens is 366 g/mol. The third kappa shape index (κ3) is 3.90. The van der Waals surface area contributed by atoms with Crippen LogP contribution in [0, 0.1) is 10.1 Å².